The fourth-order valence-corrected chi connectivity index (χ4v) is 5.23. The highest BCUT2D eigenvalue weighted by atomic mass is 16.6. The summed E-state index contributed by atoms with van der Waals surface area (Å²) in [7, 11) is 0. The Morgan fingerprint density at radius 3 is 1.96 bits per heavy atom. The number of aldehydes is 1. The second-order valence-electron chi connectivity index (χ2n) is 12.4. The lowest BCUT2D eigenvalue weighted by atomic mass is 9.94. The van der Waals surface area contributed by atoms with Crippen LogP contribution in [-0.4, -0.2) is 90.6 Å². The number of piperazine rings is 1. The zero-order valence-electron chi connectivity index (χ0n) is 29.4. The van der Waals surface area contributed by atoms with Gasteiger partial charge < -0.3 is 24.2 Å². The molecule has 4 amide bonds. The molecule has 3 aliphatic heterocycles. The first-order valence-corrected chi connectivity index (χ1v) is 16.6. The first-order valence-electron chi connectivity index (χ1n) is 16.6. The van der Waals surface area contributed by atoms with Gasteiger partial charge in [0.2, 0.25) is 17.7 Å². The van der Waals surface area contributed by atoms with Crippen LogP contribution in [0.5, 0.6) is 0 Å². The van der Waals surface area contributed by atoms with Crippen molar-refractivity contribution >= 4 is 41.6 Å². The number of piperidine rings is 2. The number of amides is 4. The second-order valence-corrected chi connectivity index (χ2v) is 12.4. The van der Waals surface area contributed by atoms with Crippen molar-refractivity contribution in [2.24, 2.45) is 11.8 Å². The van der Waals surface area contributed by atoms with E-state index in [2.05, 4.69) is 16.3 Å². The van der Waals surface area contributed by atoms with Gasteiger partial charge in [-0.25, -0.2) is 4.79 Å². The Balaban J connectivity index is 0.000000630. The van der Waals surface area contributed by atoms with E-state index in [1.165, 1.54) is 6.92 Å². The number of ether oxygens (including phenoxy) is 1. The number of nitrogens with zero attached hydrogens (tertiary/aromatic N) is 3. The number of imide groups is 1. The van der Waals surface area contributed by atoms with Gasteiger partial charge in [-0.3, -0.25) is 24.5 Å². The Bertz CT molecular complexity index is 1180. The number of ketones is 1. The van der Waals surface area contributed by atoms with Gasteiger partial charge in [-0.15, -0.1) is 0 Å². The van der Waals surface area contributed by atoms with Gasteiger partial charge >= 0.3 is 6.09 Å². The Morgan fingerprint density at radius 2 is 1.50 bits per heavy atom. The number of Topliss-reactive ketones (excluding diaryl/α,β-unsaturated/α-hetero) is 1. The fourth-order valence-electron chi connectivity index (χ4n) is 5.23. The first-order chi connectivity index (χ1) is 21.7. The number of nitrogens with one attached hydrogen (secondary N) is 1. The number of carbonyl (C=O) groups excluding carboxylic acids is 6. The van der Waals surface area contributed by atoms with E-state index >= 15 is 0 Å². The summed E-state index contributed by atoms with van der Waals surface area (Å²) in [5.41, 5.74) is 2.41. The van der Waals surface area contributed by atoms with E-state index in [9.17, 15) is 24.0 Å². The summed E-state index contributed by atoms with van der Waals surface area (Å²) >= 11 is 0. The van der Waals surface area contributed by atoms with E-state index in [0.717, 1.165) is 49.0 Å². The van der Waals surface area contributed by atoms with Gasteiger partial charge in [0.05, 0.1) is 0 Å². The highest BCUT2D eigenvalue weighted by molar-refractivity contribution is 5.98. The van der Waals surface area contributed by atoms with Crippen LogP contribution in [0.2, 0.25) is 0 Å². The van der Waals surface area contributed by atoms with Gasteiger partial charge in [-0.2, -0.15) is 0 Å². The Labute approximate surface area is 275 Å². The molecule has 4 rings (SSSR count). The molecule has 3 fully saturated rings. The lowest BCUT2D eigenvalue weighted by molar-refractivity contribution is -0.138. The summed E-state index contributed by atoms with van der Waals surface area (Å²) in [6, 6.07) is 6.03. The number of aryl methyl sites for hydroxylation is 1. The lowest BCUT2D eigenvalue weighted by Gasteiger charge is -2.39. The summed E-state index contributed by atoms with van der Waals surface area (Å²) in [6.45, 7) is 20.5. The minimum absolute atomic E-state index is 0.0164. The summed E-state index contributed by atoms with van der Waals surface area (Å²) in [5, 5.41) is 2.25. The molecule has 3 heterocycles. The number of benzene rings is 1. The normalized spacial score (nSPS) is 18.4. The minimum Gasteiger partial charge on any atom is -0.444 e. The molecule has 46 heavy (non-hydrogen) atoms. The van der Waals surface area contributed by atoms with Crippen LogP contribution in [0.25, 0.3) is 0 Å². The molecule has 1 aromatic carbocycles. The highest BCUT2D eigenvalue weighted by Gasteiger charge is 2.32. The van der Waals surface area contributed by atoms with E-state index in [1.54, 1.807) is 4.90 Å². The Kier molecular flexibility index (Phi) is 17.2. The molecule has 0 saturated carbocycles. The molecule has 11 nitrogen and oxygen atoms in total. The van der Waals surface area contributed by atoms with Crippen molar-refractivity contribution in [3.05, 3.63) is 29.3 Å². The van der Waals surface area contributed by atoms with Crippen LogP contribution in [0.15, 0.2) is 18.2 Å². The average molecular weight is 645 g/mol. The Hall–Kier alpha value is -3.76. The molecule has 0 radical (unpaired) electrons. The molecule has 1 aromatic rings. The topological polar surface area (TPSA) is 133 Å². The summed E-state index contributed by atoms with van der Waals surface area (Å²) in [6.07, 6.45) is 3.79. The molecule has 0 aliphatic carbocycles. The van der Waals surface area contributed by atoms with Crippen LogP contribution in [0, 0.1) is 18.8 Å². The molecule has 11 heteroatoms. The van der Waals surface area contributed by atoms with Gasteiger partial charge in [0.25, 0.3) is 0 Å². The lowest BCUT2D eigenvalue weighted by Crippen LogP contribution is -2.53. The van der Waals surface area contributed by atoms with Gasteiger partial charge in [-0.05, 0) is 77.6 Å². The maximum atomic E-state index is 13.0. The quantitative estimate of drug-likeness (QED) is 0.270. The van der Waals surface area contributed by atoms with Crippen LogP contribution in [0.1, 0.15) is 103 Å². The summed E-state index contributed by atoms with van der Waals surface area (Å²) < 4.78 is 5.44. The van der Waals surface area contributed by atoms with Gasteiger partial charge in [-0.1, -0.05) is 27.7 Å². The van der Waals surface area contributed by atoms with Crippen molar-refractivity contribution in [1.82, 2.24) is 15.1 Å². The maximum absolute atomic E-state index is 13.0. The van der Waals surface area contributed by atoms with Crippen LogP contribution in [-0.2, 0) is 23.9 Å². The molecule has 0 aromatic heterocycles. The number of hydrogen-bond acceptors (Lipinski definition) is 8. The average Bonchev–Trinajstić information content (AvgIpc) is 3.03. The molecule has 258 valence electrons. The van der Waals surface area contributed by atoms with E-state index in [0.29, 0.717) is 45.4 Å². The van der Waals surface area contributed by atoms with Crippen molar-refractivity contribution in [3.8, 4) is 0 Å². The van der Waals surface area contributed by atoms with Crippen molar-refractivity contribution in [2.75, 3.05) is 44.2 Å². The minimum atomic E-state index is -0.512. The monoisotopic (exact) mass is 644 g/mol. The third kappa shape index (κ3) is 12.9. The Morgan fingerprint density at radius 1 is 0.957 bits per heavy atom. The SMILES string of the molecule is CC.CC1CCC(=O)NC1=O.CC=O.CCC(=O)c1ccc(N2CCC(C(=O)N3CCN(C(=O)OC(C)(C)C)CC3)CC2)cc1C. The first kappa shape index (κ1) is 40.3. The molecular formula is C35H56N4O7. The van der Waals surface area contributed by atoms with Crippen LogP contribution in [0.3, 0.4) is 0 Å². The van der Waals surface area contributed by atoms with Gasteiger partial charge in [0, 0.05) is 75.2 Å². The highest BCUT2D eigenvalue weighted by Crippen LogP contribution is 2.27. The van der Waals surface area contributed by atoms with Crippen LogP contribution in [0.4, 0.5) is 10.5 Å². The molecule has 0 bridgehead atoms. The fraction of sp³-hybridized carbons (Fsp3) is 0.657. The second kappa shape index (κ2) is 19.7. The number of anilines is 1. The summed E-state index contributed by atoms with van der Waals surface area (Å²) in [5.74, 6) is 0.145. The van der Waals surface area contributed by atoms with Crippen molar-refractivity contribution < 1.29 is 33.5 Å². The third-order valence-corrected chi connectivity index (χ3v) is 7.80. The molecule has 3 saturated heterocycles. The van der Waals surface area contributed by atoms with Crippen molar-refractivity contribution in [3.63, 3.8) is 0 Å². The van der Waals surface area contributed by atoms with Crippen molar-refractivity contribution in [2.45, 2.75) is 100 Å². The van der Waals surface area contributed by atoms with Gasteiger partial charge in [0.15, 0.2) is 5.78 Å². The number of carbonyl (C=O) groups is 6. The van der Waals surface area contributed by atoms with Crippen LogP contribution >= 0.6 is 0 Å². The smallest absolute Gasteiger partial charge is 0.410 e. The third-order valence-electron chi connectivity index (χ3n) is 7.80. The maximum Gasteiger partial charge on any atom is 0.410 e. The van der Waals surface area contributed by atoms with E-state index in [-0.39, 0.29) is 41.4 Å². The molecule has 1 N–H and O–H groups in total. The molecule has 1 atom stereocenters. The number of hydrogen-bond donors (Lipinski definition) is 1. The van der Waals surface area contributed by atoms with Gasteiger partial charge in [0.1, 0.15) is 11.9 Å². The molecule has 0 spiro atoms. The standard InChI is InChI=1S/C25H37N3O4.C6H9NO2.C2H4O.C2H6/c1-6-22(29)21-8-7-20(17-18(21)2)26-11-9-19(10-12-26)23(30)27-13-15-28(16-14-27)24(31)32-25(3,4)5;1-4-2-3-5(8)7-6(4)9;1-2-3;1-2/h7-8,17,19H,6,9-16H2,1-5H3;4H,2-3H2,1H3,(H,7,8,9);2H,1H3;1-2H3. The van der Waals surface area contributed by atoms with E-state index < -0.39 is 5.60 Å². The largest absolute Gasteiger partial charge is 0.444 e. The zero-order chi connectivity index (χ0) is 35.0. The molecule has 1 unspecified atom stereocenters. The van der Waals surface area contributed by atoms with Crippen LogP contribution < -0.4 is 10.2 Å². The predicted molar refractivity (Wildman–Crippen MR) is 180 cm³/mol. The predicted octanol–water partition coefficient (Wildman–Crippen LogP) is 5.17. The molecule has 3 aliphatic rings. The molecular weight excluding hydrogens is 588 g/mol. The van der Waals surface area contributed by atoms with E-state index in [4.69, 9.17) is 9.53 Å². The van der Waals surface area contributed by atoms with E-state index in [1.807, 2.05) is 72.4 Å². The summed E-state index contributed by atoms with van der Waals surface area (Å²) in [4.78, 5) is 73.2. The number of rotatable bonds is 4. The van der Waals surface area contributed by atoms with Crippen molar-refractivity contribution in [1.29, 1.82) is 0 Å². The zero-order valence-corrected chi connectivity index (χ0v) is 29.4.